The zero-order chi connectivity index (χ0) is 26.3. The average Bonchev–Trinajstić information content (AvgIpc) is 3.44. The van der Waals surface area contributed by atoms with E-state index >= 15 is 0 Å². The van der Waals surface area contributed by atoms with Gasteiger partial charge in [0.15, 0.2) is 4.96 Å². The van der Waals surface area contributed by atoms with Gasteiger partial charge in [0.05, 0.1) is 29.4 Å². The fourth-order valence-corrected chi connectivity index (χ4v) is 5.54. The molecule has 0 aliphatic carbocycles. The van der Waals surface area contributed by atoms with E-state index in [1.165, 1.54) is 16.9 Å². The minimum atomic E-state index is -0.215. The highest BCUT2D eigenvalue weighted by Crippen LogP contribution is 2.25. The summed E-state index contributed by atoms with van der Waals surface area (Å²) < 4.78 is 3.42. The van der Waals surface area contributed by atoms with Gasteiger partial charge in [0.1, 0.15) is 5.69 Å². The molecule has 3 aromatic heterocycles. The zero-order valence-electron chi connectivity index (χ0n) is 21.6. The van der Waals surface area contributed by atoms with E-state index in [0.717, 1.165) is 22.5 Å². The first kappa shape index (κ1) is 24.6. The first-order valence-electron chi connectivity index (χ1n) is 12.2. The fraction of sp³-hybridized carbons (Fsp3) is 0.241. The average molecular weight is 512 g/mol. The van der Waals surface area contributed by atoms with Crippen molar-refractivity contribution in [1.29, 1.82) is 0 Å². The van der Waals surface area contributed by atoms with E-state index in [1.54, 1.807) is 4.40 Å². The van der Waals surface area contributed by atoms with Crippen molar-refractivity contribution in [2.45, 2.75) is 47.1 Å². The summed E-state index contributed by atoms with van der Waals surface area (Å²) in [4.78, 5) is 31.9. The lowest BCUT2D eigenvalue weighted by molar-refractivity contribution is -0.121. The molecule has 7 nitrogen and oxygen atoms in total. The molecule has 5 aromatic rings. The molecular formula is C29H29N5O2S. The lowest BCUT2D eigenvalue weighted by Gasteiger charge is -2.14. The third kappa shape index (κ3) is 4.60. The Bertz CT molecular complexity index is 1680. The van der Waals surface area contributed by atoms with Crippen molar-refractivity contribution < 1.29 is 4.79 Å². The van der Waals surface area contributed by atoms with Gasteiger partial charge in [-0.2, -0.15) is 5.10 Å². The normalized spacial score (nSPS) is 12.1. The summed E-state index contributed by atoms with van der Waals surface area (Å²) in [5.74, 6) is -0.153. The Morgan fingerprint density at radius 3 is 2.57 bits per heavy atom. The summed E-state index contributed by atoms with van der Waals surface area (Å²) in [5, 5.41) is 9.68. The van der Waals surface area contributed by atoms with Gasteiger partial charge < -0.3 is 5.32 Å². The maximum atomic E-state index is 13.8. The van der Waals surface area contributed by atoms with E-state index in [9.17, 15) is 9.59 Å². The monoisotopic (exact) mass is 511 g/mol. The lowest BCUT2D eigenvalue weighted by atomic mass is 10.1. The van der Waals surface area contributed by atoms with Crippen LogP contribution in [0.2, 0.25) is 0 Å². The van der Waals surface area contributed by atoms with Gasteiger partial charge >= 0.3 is 0 Å². The van der Waals surface area contributed by atoms with Crippen LogP contribution in [0.25, 0.3) is 21.9 Å². The van der Waals surface area contributed by atoms with Gasteiger partial charge in [0.25, 0.3) is 5.56 Å². The molecule has 3 heterocycles. The van der Waals surface area contributed by atoms with Crippen LogP contribution in [0.5, 0.6) is 0 Å². The molecule has 0 radical (unpaired) electrons. The number of thiazole rings is 1. The number of hydrogen-bond donors (Lipinski definition) is 1. The zero-order valence-corrected chi connectivity index (χ0v) is 22.4. The van der Waals surface area contributed by atoms with Crippen molar-refractivity contribution in [3.63, 3.8) is 0 Å². The Hall–Kier alpha value is -4.04. The van der Waals surface area contributed by atoms with Gasteiger partial charge in [0.2, 0.25) is 5.91 Å². The second-order valence-corrected chi connectivity index (χ2v) is 10.2. The number of rotatable bonds is 6. The lowest BCUT2D eigenvalue weighted by Crippen LogP contribution is -2.29. The second-order valence-electron chi connectivity index (χ2n) is 9.40. The number of nitrogens with one attached hydrogen (secondary N) is 1. The molecule has 8 heteroatoms. The number of fused-ring (bicyclic) bond motifs is 1. The number of amides is 1. The number of carbonyl (C=O) groups excluding carboxylic acids is 1. The smallest absolute Gasteiger partial charge is 0.268 e. The standard InChI is InChI=1S/C29H29N5O2S/c1-17-10-9-13-25(19(17)3)34-18(2)14-24(32-34)27-21(5)31-29-33(28(27)36)23(16-37-29)15-26(35)30-20(4)22-11-7-6-8-12-22/h6-14,16,20H,15H2,1-5H3,(H,30,35)/t20-/m0/s1. The van der Waals surface area contributed by atoms with Crippen LogP contribution in [-0.2, 0) is 11.2 Å². The van der Waals surface area contributed by atoms with Crippen LogP contribution in [0.15, 0.2) is 64.8 Å². The van der Waals surface area contributed by atoms with Crippen molar-refractivity contribution in [3.05, 3.63) is 104 Å². The molecule has 0 bridgehead atoms. The van der Waals surface area contributed by atoms with Crippen LogP contribution in [0.3, 0.4) is 0 Å². The van der Waals surface area contributed by atoms with Crippen molar-refractivity contribution in [1.82, 2.24) is 24.5 Å². The summed E-state index contributed by atoms with van der Waals surface area (Å²) in [7, 11) is 0. The van der Waals surface area contributed by atoms with Gasteiger partial charge in [-0.3, -0.25) is 14.0 Å². The molecule has 0 spiro atoms. The van der Waals surface area contributed by atoms with E-state index in [4.69, 9.17) is 10.1 Å². The van der Waals surface area contributed by atoms with Crippen molar-refractivity contribution in [2.24, 2.45) is 0 Å². The molecule has 1 amide bonds. The Morgan fingerprint density at radius 2 is 1.81 bits per heavy atom. The third-order valence-corrected chi connectivity index (χ3v) is 7.66. The number of benzene rings is 2. The van der Waals surface area contributed by atoms with Crippen molar-refractivity contribution in [2.75, 3.05) is 0 Å². The SMILES string of the molecule is Cc1cccc(-n2nc(-c3c(C)nc4scc(CC(=O)N[C@@H](C)c5ccccc5)n4c3=O)cc2C)c1C. The van der Waals surface area contributed by atoms with Gasteiger partial charge in [-0.15, -0.1) is 11.3 Å². The maximum Gasteiger partial charge on any atom is 0.268 e. The second kappa shape index (κ2) is 9.78. The van der Waals surface area contributed by atoms with Crippen LogP contribution in [0.1, 0.15) is 46.7 Å². The van der Waals surface area contributed by atoms with E-state index in [0.29, 0.717) is 27.6 Å². The van der Waals surface area contributed by atoms with Crippen LogP contribution in [-0.4, -0.2) is 25.1 Å². The predicted molar refractivity (Wildman–Crippen MR) is 148 cm³/mol. The molecule has 0 aliphatic heterocycles. The molecule has 1 atom stereocenters. The number of hydrogen-bond acceptors (Lipinski definition) is 5. The summed E-state index contributed by atoms with van der Waals surface area (Å²) in [6, 6.07) is 17.7. The highest BCUT2D eigenvalue weighted by atomic mass is 32.1. The minimum absolute atomic E-state index is 0.0806. The molecule has 0 unspecified atom stereocenters. The van der Waals surface area contributed by atoms with Crippen LogP contribution in [0.4, 0.5) is 0 Å². The van der Waals surface area contributed by atoms with Crippen LogP contribution in [0, 0.1) is 27.7 Å². The maximum absolute atomic E-state index is 13.8. The first-order valence-corrected chi connectivity index (χ1v) is 13.1. The molecule has 1 N–H and O–H groups in total. The van der Waals surface area contributed by atoms with E-state index in [2.05, 4.69) is 25.2 Å². The van der Waals surface area contributed by atoms with Gasteiger partial charge in [-0.1, -0.05) is 42.5 Å². The fourth-order valence-electron chi connectivity index (χ4n) is 4.61. The molecule has 0 fully saturated rings. The quantitative estimate of drug-likeness (QED) is 0.337. The van der Waals surface area contributed by atoms with E-state index < -0.39 is 0 Å². The van der Waals surface area contributed by atoms with Gasteiger partial charge in [-0.05, 0) is 63.4 Å². The van der Waals surface area contributed by atoms with Gasteiger partial charge in [-0.25, -0.2) is 9.67 Å². The van der Waals surface area contributed by atoms with Crippen molar-refractivity contribution in [3.8, 4) is 16.9 Å². The van der Waals surface area contributed by atoms with E-state index in [1.807, 2.05) is 79.4 Å². The summed E-state index contributed by atoms with van der Waals surface area (Å²) >= 11 is 1.36. The Kier molecular flexibility index (Phi) is 6.52. The Balaban J connectivity index is 1.50. The number of aromatic nitrogens is 4. The number of carbonyl (C=O) groups is 1. The highest BCUT2D eigenvalue weighted by molar-refractivity contribution is 7.15. The molecule has 37 heavy (non-hydrogen) atoms. The van der Waals surface area contributed by atoms with E-state index in [-0.39, 0.29) is 23.9 Å². The Morgan fingerprint density at radius 1 is 1.05 bits per heavy atom. The Labute approximate surface area is 219 Å². The van der Waals surface area contributed by atoms with Crippen LogP contribution < -0.4 is 10.9 Å². The largest absolute Gasteiger partial charge is 0.349 e. The van der Waals surface area contributed by atoms with Crippen molar-refractivity contribution >= 4 is 22.2 Å². The molecule has 5 rings (SSSR count). The first-order chi connectivity index (χ1) is 17.7. The third-order valence-electron chi connectivity index (χ3n) is 6.79. The number of nitrogens with zero attached hydrogens (tertiary/aromatic N) is 4. The summed E-state index contributed by atoms with van der Waals surface area (Å²) in [5.41, 5.74) is 7.28. The highest BCUT2D eigenvalue weighted by Gasteiger charge is 2.21. The molecule has 188 valence electrons. The molecular weight excluding hydrogens is 482 g/mol. The summed E-state index contributed by atoms with van der Waals surface area (Å²) in [6.45, 7) is 9.90. The molecule has 0 aliphatic rings. The summed E-state index contributed by atoms with van der Waals surface area (Å²) in [6.07, 6.45) is 0.0806. The number of aryl methyl sites for hydroxylation is 3. The molecule has 0 saturated heterocycles. The topological polar surface area (TPSA) is 81.3 Å². The van der Waals surface area contributed by atoms with Gasteiger partial charge in [0, 0.05) is 16.8 Å². The molecule has 2 aromatic carbocycles. The van der Waals surface area contributed by atoms with Crippen LogP contribution >= 0.6 is 11.3 Å². The predicted octanol–water partition coefficient (Wildman–Crippen LogP) is 5.26. The molecule has 0 saturated carbocycles. The minimum Gasteiger partial charge on any atom is -0.349 e.